The monoisotopic (exact) mass is 890 g/mol. The zero-order valence-corrected chi connectivity index (χ0v) is 31.6. The van der Waals surface area contributed by atoms with Crippen LogP contribution in [0.15, 0.2) is 63.9 Å². The predicted molar refractivity (Wildman–Crippen MR) is 198 cm³/mol. The Hall–Kier alpha value is -4.69. The van der Waals surface area contributed by atoms with Gasteiger partial charge >= 0.3 is 0 Å². The van der Waals surface area contributed by atoms with Crippen molar-refractivity contribution in [2.24, 2.45) is 0 Å². The van der Waals surface area contributed by atoms with Gasteiger partial charge in [-0.2, -0.15) is 5.10 Å². The molecular formula is C35H28BrClF8N8O2S. The van der Waals surface area contributed by atoms with Gasteiger partial charge in [-0.25, -0.2) is 40.1 Å². The summed E-state index contributed by atoms with van der Waals surface area (Å²) in [4.78, 5) is 32.9. The lowest BCUT2D eigenvalue weighted by Crippen LogP contribution is -2.38. The molecule has 2 heterocycles. The number of hydrogen-bond donors (Lipinski definition) is 4. The van der Waals surface area contributed by atoms with Crippen LogP contribution in [0.3, 0.4) is 0 Å². The molecule has 1 aliphatic carbocycles. The van der Waals surface area contributed by atoms with Gasteiger partial charge in [0.1, 0.15) is 41.2 Å². The van der Waals surface area contributed by atoms with Gasteiger partial charge in [-0.3, -0.25) is 24.2 Å². The summed E-state index contributed by atoms with van der Waals surface area (Å²) < 4.78 is 116. The van der Waals surface area contributed by atoms with Crippen LogP contribution in [0.25, 0.3) is 16.6 Å². The van der Waals surface area contributed by atoms with Gasteiger partial charge in [0.2, 0.25) is 5.91 Å². The molecule has 2 aromatic heterocycles. The minimum absolute atomic E-state index is 0.00901. The number of halogens is 10. The minimum Gasteiger partial charge on any atom is -0.377 e. The van der Waals surface area contributed by atoms with Crippen LogP contribution in [0.1, 0.15) is 60.1 Å². The van der Waals surface area contributed by atoms with Gasteiger partial charge in [-0.05, 0) is 78.9 Å². The highest BCUT2D eigenvalue weighted by atomic mass is 79.9. The Bertz CT molecular complexity index is 2340. The zero-order chi connectivity index (χ0) is 40.4. The highest BCUT2D eigenvalue weighted by Crippen LogP contribution is 2.36. The van der Waals surface area contributed by atoms with Crippen LogP contribution < -0.4 is 20.9 Å². The summed E-state index contributed by atoms with van der Waals surface area (Å²) in [6.45, 7) is -2.02. The fraction of sp³-hybridized carbons (Fsp3) is 0.286. The van der Waals surface area contributed by atoms with Crippen molar-refractivity contribution in [3.8, 4) is 5.69 Å². The highest BCUT2D eigenvalue weighted by Gasteiger charge is 2.30. The molecule has 0 radical (unpaired) electrons. The van der Waals surface area contributed by atoms with Crippen molar-refractivity contribution in [1.29, 1.82) is 5.41 Å². The van der Waals surface area contributed by atoms with Crippen molar-refractivity contribution in [3.05, 3.63) is 114 Å². The van der Waals surface area contributed by atoms with Gasteiger partial charge in [-0.1, -0.05) is 27.5 Å². The summed E-state index contributed by atoms with van der Waals surface area (Å²) in [5.74, 6) is -3.78. The van der Waals surface area contributed by atoms with E-state index in [1.807, 2.05) is 0 Å². The van der Waals surface area contributed by atoms with E-state index in [0.717, 1.165) is 29.5 Å². The lowest BCUT2D eigenvalue weighted by Gasteiger charge is -2.26. The number of alkyl halides is 6. The van der Waals surface area contributed by atoms with Gasteiger partial charge in [0.25, 0.3) is 24.8 Å². The molecule has 1 aliphatic rings. The molecule has 1 amide bonds. The molecule has 56 heavy (non-hydrogen) atoms. The van der Waals surface area contributed by atoms with Crippen molar-refractivity contribution < 1.29 is 39.9 Å². The standard InChI is InChI=1S/C35H28BrClF8N8O2S/c36-16-1-4-20-22(10-16)49-34(53(35(20)55)25-6-5-21(37)29(30(25)47-13-27(40)41)33(46)51-56-19-2-3-19)24(9-15-7-17(38)11-18(39)8-15)48-28(54)14-52-26(32(44)45)12-23(50-52)31(42)43/h1,4-8,10-12,19,24,27,31-32,47H,2-3,9,13-14H2,(H2,46,51)(H,48,54). The number of anilines is 1. The van der Waals surface area contributed by atoms with E-state index >= 15 is 0 Å². The van der Waals surface area contributed by atoms with E-state index in [2.05, 4.69) is 41.4 Å². The fourth-order valence-corrected chi connectivity index (χ4v) is 7.14. The number of nitrogens with one attached hydrogen (secondary N) is 4. The Balaban J connectivity index is 1.56. The third kappa shape index (κ3) is 9.46. The molecule has 4 N–H and O–H groups in total. The van der Waals surface area contributed by atoms with Gasteiger partial charge in [-0.15, -0.1) is 0 Å². The molecule has 0 aliphatic heterocycles. The lowest BCUT2D eigenvalue weighted by molar-refractivity contribution is -0.122. The van der Waals surface area contributed by atoms with Crippen LogP contribution in [0, 0.1) is 17.0 Å². The van der Waals surface area contributed by atoms with Crippen molar-refractivity contribution in [1.82, 2.24) is 29.4 Å². The third-order valence-corrected chi connectivity index (χ3v) is 10.3. The summed E-state index contributed by atoms with van der Waals surface area (Å²) in [5.41, 5.74) is -3.37. The first-order valence-corrected chi connectivity index (χ1v) is 18.6. The smallest absolute Gasteiger partial charge is 0.282 e. The number of rotatable bonds is 15. The SMILES string of the molecule is N=C(NSC1CC1)c1c(Cl)ccc(-n2c(C(Cc3cc(F)cc(F)c3)NC(=O)Cn3nc(C(F)F)cc3C(F)F)nc3cc(Br)ccc3c2=O)c1NCC(F)F. The fourth-order valence-electron chi connectivity index (χ4n) is 5.79. The summed E-state index contributed by atoms with van der Waals surface area (Å²) in [5, 5.41) is 17.4. The van der Waals surface area contributed by atoms with E-state index in [-0.39, 0.29) is 55.3 Å². The second kappa shape index (κ2) is 17.2. The molecule has 21 heteroatoms. The summed E-state index contributed by atoms with van der Waals surface area (Å²) in [7, 11) is 0. The molecule has 0 bridgehead atoms. The van der Waals surface area contributed by atoms with E-state index in [4.69, 9.17) is 17.0 Å². The number of amides is 1. The Morgan fingerprint density at radius 1 is 1.00 bits per heavy atom. The number of nitrogens with zero attached hydrogens (tertiary/aromatic N) is 4. The number of benzene rings is 3. The number of hydrogen-bond acceptors (Lipinski definition) is 7. The average Bonchev–Trinajstić information content (AvgIpc) is 3.85. The normalized spacial score (nSPS) is 13.5. The Kier molecular flexibility index (Phi) is 12.6. The van der Waals surface area contributed by atoms with E-state index in [1.165, 1.54) is 42.3 Å². The summed E-state index contributed by atoms with van der Waals surface area (Å²) in [6.07, 6.45) is -8.23. The van der Waals surface area contributed by atoms with Crippen LogP contribution >= 0.6 is 39.5 Å². The Labute approximate surface area is 329 Å². The maximum absolute atomic E-state index is 14.6. The molecule has 0 spiro atoms. The minimum atomic E-state index is -3.31. The molecule has 1 unspecified atom stereocenters. The van der Waals surface area contributed by atoms with Gasteiger partial charge < -0.3 is 15.4 Å². The Morgan fingerprint density at radius 2 is 1.71 bits per heavy atom. The van der Waals surface area contributed by atoms with Gasteiger partial charge in [0.15, 0.2) is 0 Å². The van der Waals surface area contributed by atoms with Crippen LogP contribution in [0.5, 0.6) is 0 Å². The molecule has 0 saturated heterocycles. The van der Waals surface area contributed by atoms with Crippen molar-refractivity contribution in [2.75, 3.05) is 11.9 Å². The molecule has 10 nitrogen and oxygen atoms in total. The molecule has 296 valence electrons. The number of aromatic nitrogens is 4. The lowest BCUT2D eigenvalue weighted by atomic mass is 10.0. The van der Waals surface area contributed by atoms with Gasteiger partial charge in [0.05, 0.1) is 45.5 Å². The topological polar surface area (TPSA) is 130 Å². The van der Waals surface area contributed by atoms with Crippen LogP contribution in [-0.2, 0) is 17.8 Å². The number of fused-ring (bicyclic) bond motifs is 1. The molecule has 6 rings (SSSR count). The van der Waals surface area contributed by atoms with Crippen LogP contribution in [0.4, 0.5) is 40.8 Å². The zero-order valence-electron chi connectivity index (χ0n) is 28.4. The van der Waals surface area contributed by atoms with E-state index in [1.54, 1.807) is 0 Å². The van der Waals surface area contributed by atoms with Crippen molar-refractivity contribution in [3.63, 3.8) is 0 Å². The Morgan fingerprint density at radius 3 is 2.36 bits per heavy atom. The number of amidine groups is 1. The molecule has 1 saturated carbocycles. The van der Waals surface area contributed by atoms with E-state index < -0.39 is 79.3 Å². The first-order valence-electron chi connectivity index (χ1n) is 16.6. The van der Waals surface area contributed by atoms with Gasteiger partial charge in [0, 0.05) is 22.2 Å². The first kappa shape index (κ1) is 41.0. The molecular weight excluding hydrogens is 864 g/mol. The number of carbonyl (C=O) groups excluding carboxylic acids is 1. The maximum Gasteiger partial charge on any atom is 0.282 e. The largest absolute Gasteiger partial charge is 0.377 e. The van der Waals surface area contributed by atoms with E-state index in [9.17, 15) is 44.7 Å². The maximum atomic E-state index is 14.6. The highest BCUT2D eigenvalue weighted by molar-refractivity contribution is 9.10. The van der Waals surface area contributed by atoms with E-state index in [0.29, 0.717) is 21.3 Å². The predicted octanol–water partition coefficient (Wildman–Crippen LogP) is 8.65. The quantitative estimate of drug-likeness (QED) is 0.0359. The molecule has 1 atom stereocenters. The van der Waals surface area contributed by atoms with Crippen molar-refractivity contribution in [2.45, 2.75) is 56.4 Å². The first-order chi connectivity index (χ1) is 26.6. The average molecular weight is 892 g/mol. The van der Waals surface area contributed by atoms with Crippen LogP contribution in [-0.4, -0.2) is 49.3 Å². The summed E-state index contributed by atoms with van der Waals surface area (Å²) in [6, 6.07) is 8.30. The molecule has 1 fully saturated rings. The second-order valence-corrected chi connectivity index (χ2v) is 14.9. The number of carbonyl (C=O) groups is 1. The third-order valence-electron chi connectivity index (χ3n) is 8.35. The molecule has 3 aromatic carbocycles. The summed E-state index contributed by atoms with van der Waals surface area (Å²) >= 11 is 11.1. The van der Waals surface area contributed by atoms with Crippen LogP contribution in [0.2, 0.25) is 5.02 Å². The van der Waals surface area contributed by atoms with Crippen molar-refractivity contribution >= 4 is 67.8 Å². The second-order valence-electron chi connectivity index (χ2n) is 12.5. The molecule has 5 aromatic rings.